The van der Waals surface area contributed by atoms with E-state index in [-0.39, 0.29) is 77.0 Å². The Labute approximate surface area is 415 Å². The number of rotatable bonds is 6. The molecule has 0 amide bonds. The zero-order valence-corrected chi connectivity index (χ0v) is 41.0. The molecule has 6 aliphatic rings. The van der Waals surface area contributed by atoms with Crippen LogP contribution in [0.25, 0.3) is 0 Å². The normalized spacial score (nSPS) is 28.5. The number of benzene rings is 4. The highest BCUT2D eigenvalue weighted by atomic mass is 16.5. The van der Waals surface area contributed by atoms with Gasteiger partial charge in [0.05, 0.1) is 42.7 Å². The minimum absolute atomic E-state index is 0.0722. The van der Waals surface area contributed by atoms with E-state index in [1.807, 2.05) is 24.3 Å². The lowest BCUT2D eigenvalue weighted by Crippen LogP contribution is -2.54. The van der Waals surface area contributed by atoms with Crippen LogP contribution in [0.3, 0.4) is 0 Å². The average Bonchev–Trinajstić information content (AvgIpc) is 3.76. The number of hydrogen-bond acceptors (Lipinski definition) is 15. The van der Waals surface area contributed by atoms with Crippen molar-refractivity contribution in [1.82, 2.24) is 0 Å². The first-order valence-corrected chi connectivity index (χ1v) is 24.0. The van der Waals surface area contributed by atoms with Gasteiger partial charge in [-0.3, -0.25) is 43.2 Å². The highest BCUT2D eigenvalue weighted by Gasteiger charge is 2.67. The van der Waals surface area contributed by atoms with E-state index in [1.54, 1.807) is 48.5 Å². The molecule has 6 aliphatic carbocycles. The lowest BCUT2D eigenvalue weighted by atomic mass is 9.65. The number of ether oxygens (including phenoxy) is 6. The van der Waals surface area contributed by atoms with Crippen molar-refractivity contribution in [3.63, 3.8) is 0 Å². The predicted molar refractivity (Wildman–Crippen MR) is 252 cm³/mol. The molecule has 0 aliphatic heterocycles. The Morgan fingerprint density at radius 2 is 0.417 bits per heavy atom. The summed E-state index contributed by atoms with van der Waals surface area (Å²) in [6.07, 6.45) is -2.19. The summed E-state index contributed by atoms with van der Waals surface area (Å²) in [6, 6.07) is 21.6. The molecule has 72 heavy (non-hydrogen) atoms. The van der Waals surface area contributed by atoms with Crippen molar-refractivity contribution in [3.8, 4) is 0 Å². The molecule has 10 rings (SSSR count). The van der Waals surface area contributed by atoms with E-state index in [0.29, 0.717) is 66.8 Å². The van der Waals surface area contributed by atoms with Crippen molar-refractivity contribution < 1.29 is 71.6 Å². The lowest BCUT2D eigenvalue weighted by molar-refractivity contribution is -0.170. The van der Waals surface area contributed by atoms with Gasteiger partial charge in [-0.15, -0.1) is 0 Å². The molecule has 0 aromatic heterocycles. The maximum atomic E-state index is 15.9. The van der Waals surface area contributed by atoms with Gasteiger partial charge in [-0.1, -0.05) is 72.8 Å². The van der Waals surface area contributed by atoms with Crippen molar-refractivity contribution in [1.29, 1.82) is 0 Å². The number of methoxy groups -OCH3 is 6. The van der Waals surface area contributed by atoms with Gasteiger partial charge in [0.15, 0.2) is 17.3 Å². The predicted octanol–water partition coefficient (Wildman–Crippen LogP) is 4.04. The fourth-order valence-electron chi connectivity index (χ4n) is 13.9. The second-order valence-corrected chi connectivity index (χ2v) is 20.9. The first-order valence-electron chi connectivity index (χ1n) is 24.0. The Morgan fingerprint density at radius 1 is 0.278 bits per heavy atom. The highest BCUT2D eigenvalue weighted by molar-refractivity contribution is 6.18. The third-order valence-corrected chi connectivity index (χ3v) is 17.3. The summed E-state index contributed by atoms with van der Waals surface area (Å²) in [5.41, 5.74) is -4.97. The molecule has 6 bridgehead atoms. The van der Waals surface area contributed by atoms with E-state index in [4.69, 9.17) is 28.4 Å². The first-order chi connectivity index (χ1) is 34.4. The maximum Gasteiger partial charge on any atom is 0.320 e. The molecule has 0 N–H and O–H groups in total. The van der Waals surface area contributed by atoms with Crippen molar-refractivity contribution in [2.75, 3.05) is 42.7 Å². The molecule has 372 valence electrons. The number of hydrogen-bond donors (Lipinski definition) is 0. The minimum atomic E-state index is -2.08. The maximum absolute atomic E-state index is 15.9. The van der Waals surface area contributed by atoms with E-state index in [9.17, 15) is 28.8 Å². The largest absolute Gasteiger partial charge is 0.468 e. The van der Waals surface area contributed by atoms with E-state index >= 15 is 14.4 Å². The van der Waals surface area contributed by atoms with Gasteiger partial charge >= 0.3 is 35.8 Å². The zero-order valence-electron chi connectivity index (χ0n) is 41.0. The SMILES string of the molecule is COC(=O)C12Cc3cc4c(cc3CC(C(=O)OC)(Cc3cc5c(cc3C1)C[C@]1(C(=O)OC)Cc3ccccc3C[C@](C(=O)OC)(C5)C1=O)C2=O)C[C@@]1(C(=O)OC)Cc2ccccc2C[C@@](C(=O)OC)(C4)C1=O. The highest BCUT2D eigenvalue weighted by Crippen LogP contribution is 2.55. The number of carbonyl (C=O) groups excluding carboxylic acids is 9. The van der Waals surface area contributed by atoms with Gasteiger partial charge in [-0.2, -0.15) is 0 Å². The minimum Gasteiger partial charge on any atom is -0.468 e. The van der Waals surface area contributed by atoms with Crippen LogP contribution in [0, 0.1) is 32.5 Å². The summed E-state index contributed by atoms with van der Waals surface area (Å²) < 4.78 is 32.7. The molecule has 0 unspecified atom stereocenters. The number of fused-ring (bicyclic) bond motifs is 12. The van der Waals surface area contributed by atoms with Crippen LogP contribution in [0.5, 0.6) is 0 Å². The monoisotopic (exact) mass is 978 g/mol. The Morgan fingerprint density at radius 3 is 0.556 bits per heavy atom. The third kappa shape index (κ3) is 6.57. The summed E-state index contributed by atoms with van der Waals surface area (Å²) in [5, 5.41) is 0. The van der Waals surface area contributed by atoms with Gasteiger partial charge in [0.25, 0.3) is 0 Å². The van der Waals surface area contributed by atoms with Crippen molar-refractivity contribution >= 4 is 53.2 Å². The summed E-state index contributed by atoms with van der Waals surface area (Å²) in [4.78, 5) is 133. The Hall–Kier alpha value is -7.29. The van der Waals surface area contributed by atoms with Gasteiger partial charge in [-0.05, 0) is 144 Å². The summed E-state index contributed by atoms with van der Waals surface area (Å²) in [5.74, 6) is -7.16. The quantitative estimate of drug-likeness (QED) is 0.152. The second-order valence-electron chi connectivity index (χ2n) is 20.9. The van der Waals surface area contributed by atoms with Crippen molar-refractivity contribution in [3.05, 3.63) is 140 Å². The Kier molecular flexibility index (Phi) is 11.4. The molecule has 0 saturated heterocycles. The van der Waals surface area contributed by atoms with Crippen molar-refractivity contribution in [2.45, 2.75) is 77.0 Å². The van der Waals surface area contributed by atoms with Gasteiger partial charge < -0.3 is 28.4 Å². The van der Waals surface area contributed by atoms with E-state index in [2.05, 4.69) is 0 Å². The fraction of sp³-hybridized carbons (Fsp3) is 0.421. The van der Waals surface area contributed by atoms with Crippen LogP contribution in [0.2, 0.25) is 0 Å². The van der Waals surface area contributed by atoms with E-state index in [1.165, 1.54) is 28.4 Å². The number of esters is 6. The first kappa shape index (κ1) is 48.3. The molecular weight excluding hydrogens is 925 g/mol. The van der Waals surface area contributed by atoms with Gasteiger partial charge in [0, 0.05) is 0 Å². The van der Waals surface area contributed by atoms with E-state index < -0.39 is 85.7 Å². The lowest BCUT2D eigenvalue weighted by Gasteiger charge is -2.34. The molecule has 0 heterocycles. The van der Waals surface area contributed by atoms with Crippen LogP contribution < -0.4 is 0 Å². The van der Waals surface area contributed by atoms with Crippen molar-refractivity contribution in [2.24, 2.45) is 32.5 Å². The summed E-state index contributed by atoms with van der Waals surface area (Å²) in [6.45, 7) is 0. The standard InChI is InChI=1S/C57H54O15/c1-67-46(61)52-19-31-11-7-8-12-32(31)20-53(43(52)58,47(62)68-2)24-36-16-40-28-57(51(66)72-6)30-42-18-38-26-55(49(64)70-4)22-34-14-10-9-13-33(34)21-54(44(55)59,48(63)69-3)25-37(38)17-41(42)29-56(45(57)60,50(65)71-5)27-39(40)15-35(36)23-52/h7-18H,19-30H2,1-6H3/t52-,53+,54-,55+,56?,57?. The van der Waals surface area contributed by atoms with Gasteiger partial charge in [0.1, 0.15) is 32.5 Å². The van der Waals surface area contributed by atoms with Crippen LogP contribution in [0.4, 0.5) is 0 Å². The van der Waals surface area contributed by atoms with Crippen LogP contribution >= 0.6 is 0 Å². The topological polar surface area (TPSA) is 209 Å². The van der Waals surface area contributed by atoms with Gasteiger partial charge in [0.2, 0.25) is 0 Å². The average molecular weight is 979 g/mol. The molecule has 4 aromatic rings. The van der Waals surface area contributed by atoms with Crippen LogP contribution in [0.15, 0.2) is 72.8 Å². The Balaban J connectivity index is 1.18. The second kappa shape index (κ2) is 16.9. The molecule has 4 atom stereocenters. The van der Waals surface area contributed by atoms with Gasteiger partial charge in [-0.25, -0.2) is 0 Å². The molecule has 0 saturated carbocycles. The third-order valence-electron chi connectivity index (χ3n) is 17.3. The molecule has 0 radical (unpaired) electrons. The summed E-state index contributed by atoms with van der Waals surface area (Å²) in [7, 11) is 7.09. The number of carbonyl (C=O) groups is 9. The van der Waals surface area contributed by atoms with Crippen LogP contribution in [-0.4, -0.2) is 95.8 Å². The molecule has 15 nitrogen and oxygen atoms in total. The molecular formula is C57H54O15. The number of Topliss-reactive ketones (excluding diaryl/α,β-unsaturated/α-hetero) is 3. The smallest absolute Gasteiger partial charge is 0.320 e. The van der Waals surface area contributed by atoms with Crippen LogP contribution in [-0.2, 0) is 149 Å². The molecule has 4 aromatic carbocycles. The zero-order chi connectivity index (χ0) is 51.3. The fourth-order valence-corrected chi connectivity index (χ4v) is 13.9. The molecule has 0 fully saturated rings. The van der Waals surface area contributed by atoms with E-state index in [0.717, 1.165) is 14.2 Å². The van der Waals surface area contributed by atoms with Crippen LogP contribution in [0.1, 0.15) is 66.8 Å². The number of ketones is 3. The Bertz CT molecular complexity index is 2750. The summed E-state index contributed by atoms with van der Waals surface area (Å²) >= 11 is 0. The molecule has 15 heteroatoms. The molecule has 0 spiro atoms.